The summed E-state index contributed by atoms with van der Waals surface area (Å²) in [5.74, 6) is 0. The monoisotopic (exact) mass is 174 g/mol. The molecule has 12 heavy (non-hydrogen) atoms. The van der Waals surface area contributed by atoms with Crippen LogP contribution in [0.1, 0.15) is 69.2 Å². The van der Waals surface area contributed by atoms with Gasteiger partial charge in [-0.1, -0.05) is 69.2 Å². The minimum atomic E-state index is 0. The van der Waals surface area contributed by atoms with E-state index in [4.69, 9.17) is 0 Å². The fraction of sp³-hybridized carbons (Fsp3) is 1.00. The van der Waals surface area contributed by atoms with Crippen LogP contribution in [0.3, 0.4) is 0 Å². The van der Waals surface area contributed by atoms with Crippen LogP contribution in [0.5, 0.6) is 0 Å². The van der Waals surface area contributed by atoms with Crippen molar-refractivity contribution in [2.75, 3.05) is 0 Å². The molecule has 0 saturated carbocycles. The molecule has 0 rings (SSSR count). The number of hydrogen-bond donors (Lipinski definition) is 0. The molecule has 0 bridgehead atoms. The van der Waals surface area contributed by atoms with Crippen LogP contribution in [0.2, 0.25) is 0 Å². The predicted molar refractivity (Wildman–Crippen MR) is 61.6 cm³/mol. The first-order chi connectivity index (χ1) is 4.37. The lowest BCUT2D eigenvalue weighted by Crippen LogP contribution is -2.30. The van der Waals surface area contributed by atoms with Crippen LogP contribution in [0.25, 0.3) is 0 Å². The van der Waals surface area contributed by atoms with Gasteiger partial charge in [-0.05, 0) is 10.8 Å². The lowest BCUT2D eigenvalue weighted by atomic mass is 9.65. The van der Waals surface area contributed by atoms with Gasteiger partial charge in [-0.25, -0.2) is 0 Å². The van der Waals surface area contributed by atoms with Gasteiger partial charge in [-0.3, -0.25) is 0 Å². The molecule has 0 radical (unpaired) electrons. The third-order valence-electron chi connectivity index (χ3n) is 3.60. The van der Waals surface area contributed by atoms with E-state index in [1.165, 1.54) is 12.8 Å². The Kier molecular flexibility index (Phi) is 8.38. The van der Waals surface area contributed by atoms with E-state index in [0.29, 0.717) is 10.8 Å². The van der Waals surface area contributed by atoms with Gasteiger partial charge in [0, 0.05) is 0 Å². The highest BCUT2D eigenvalue weighted by atomic mass is 14.4. The first kappa shape index (κ1) is 17.9. The largest absolute Gasteiger partial charge is 0.0776 e. The van der Waals surface area contributed by atoms with E-state index in [2.05, 4.69) is 41.5 Å². The molecule has 0 unspecified atom stereocenters. The molecule has 0 aromatic carbocycles. The summed E-state index contributed by atoms with van der Waals surface area (Å²) in [6.45, 7) is 14.0. The van der Waals surface area contributed by atoms with Crippen molar-refractivity contribution in [2.45, 2.75) is 69.2 Å². The summed E-state index contributed by atoms with van der Waals surface area (Å²) < 4.78 is 0. The van der Waals surface area contributed by atoms with E-state index in [9.17, 15) is 0 Å². The molecule has 0 saturated heterocycles. The van der Waals surface area contributed by atoms with E-state index in [-0.39, 0.29) is 14.9 Å². The number of hydrogen-bond acceptors (Lipinski definition) is 0. The van der Waals surface area contributed by atoms with Crippen molar-refractivity contribution in [3.8, 4) is 0 Å². The second kappa shape index (κ2) is 5.61. The average Bonchev–Trinajstić information content (AvgIpc) is 1.88. The first-order valence-corrected chi connectivity index (χ1v) is 4.37. The summed E-state index contributed by atoms with van der Waals surface area (Å²) in [5.41, 5.74) is 0.976. The Balaban J connectivity index is -0.000000405. The maximum atomic E-state index is 2.36. The van der Waals surface area contributed by atoms with Crippen molar-refractivity contribution in [1.82, 2.24) is 0 Å². The SMILES string of the molecule is C.C.CCC(C)(C)C(C)(C)CC. The van der Waals surface area contributed by atoms with Crippen LogP contribution in [0.15, 0.2) is 0 Å². The molecule has 0 atom stereocenters. The van der Waals surface area contributed by atoms with E-state index >= 15 is 0 Å². The van der Waals surface area contributed by atoms with E-state index in [1.54, 1.807) is 0 Å². The average molecular weight is 174 g/mol. The van der Waals surface area contributed by atoms with E-state index in [0.717, 1.165) is 0 Å². The molecule has 78 valence electrons. The zero-order valence-corrected chi connectivity index (χ0v) is 8.41. The Labute approximate surface area is 80.8 Å². The lowest BCUT2D eigenvalue weighted by Gasteiger charge is -2.40. The second-order valence-corrected chi connectivity index (χ2v) is 4.47. The molecule has 0 N–H and O–H groups in total. The van der Waals surface area contributed by atoms with Crippen molar-refractivity contribution >= 4 is 0 Å². The van der Waals surface area contributed by atoms with E-state index < -0.39 is 0 Å². The molecule has 0 aliphatic heterocycles. The Bertz CT molecular complexity index is 84.6. The van der Waals surface area contributed by atoms with Crippen LogP contribution in [0.4, 0.5) is 0 Å². The Hall–Kier alpha value is 0. The normalized spacial score (nSPS) is 11.5. The maximum absolute atomic E-state index is 2.36. The summed E-state index contributed by atoms with van der Waals surface area (Å²) >= 11 is 0. The molecule has 0 heteroatoms. The van der Waals surface area contributed by atoms with Gasteiger partial charge >= 0.3 is 0 Å². The summed E-state index contributed by atoms with van der Waals surface area (Å²) in [6, 6.07) is 0. The van der Waals surface area contributed by atoms with Crippen molar-refractivity contribution < 1.29 is 0 Å². The van der Waals surface area contributed by atoms with E-state index in [1.807, 2.05) is 0 Å². The Morgan fingerprint density at radius 3 is 0.917 bits per heavy atom. The fourth-order valence-electron chi connectivity index (χ4n) is 0.957. The van der Waals surface area contributed by atoms with Crippen molar-refractivity contribution in [3.05, 3.63) is 0 Å². The van der Waals surface area contributed by atoms with Crippen molar-refractivity contribution in [1.29, 1.82) is 0 Å². The van der Waals surface area contributed by atoms with Crippen LogP contribution in [0, 0.1) is 10.8 Å². The van der Waals surface area contributed by atoms with Crippen molar-refractivity contribution in [3.63, 3.8) is 0 Å². The summed E-state index contributed by atoms with van der Waals surface area (Å²) in [5, 5.41) is 0. The molecule has 0 amide bonds. The molecule has 0 aliphatic rings. The van der Waals surface area contributed by atoms with Gasteiger partial charge in [-0.15, -0.1) is 0 Å². The topological polar surface area (TPSA) is 0 Å². The number of rotatable bonds is 3. The van der Waals surface area contributed by atoms with Crippen LogP contribution in [-0.4, -0.2) is 0 Å². The standard InChI is InChI=1S/C10H22.2CH4/c1-7-9(3,4)10(5,6)8-2;;/h7-8H2,1-6H3;2*1H4. The zero-order valence-electron chi connectivity index (χ0n) is 8.41. The first-order valence-electron chi connectivity index (χ1n) is 4.37. The summed E-state index contributed by atoms with van der Waals surface area (Å²) in [6.07, 6.45) is 2.54. The lowest BCUT2D eigenvalue weighted by molar-refractivity contribution is 0.0998. The smallest absolute Gasteiger partial charge is 0.0306 e. The molecule has 0 spiro atoms. The van der Waals surface area contributed by atoms with Crippen LogP contribution < -0.4 is 0 Å². The highest BCUT2D eigenvalue weighted by molar-refractivity contribution is 4.83. The highest BCUT2D eigenvalue weighted by Crippen LogP contribution is 2.43. The van der Waals surface area contributed by atoms with Crippen LogP contribution >= 0.6 is 0 Å². The summed E-state index contributed by atoms with van der Waals surface area (Å²) in [4.78, 5) is 0. The van der Waals surface area contributed by atoms with Gasteiger partial charge in [0.15, 0.2) is 0 Å². The Morgan fingerprint density at radius 2 is 0.833 bits per heavy atom. The van der Waals surface area contributed by atoms with Gasteiger partial charge < -0.3 is 0 Å². The molecule has 0 aliphatic carbocycles. The zero-order chi connectivity index (χ0) is 8.41. The predicted octanol–water partition coefficient (Wildman–Crippen LogP) is 5.13. The minimum absolute atomic E-state index is 0. The van der Waals surface area contributed by atoms with Gasteiger partial charge in [0.05, 0.1) is 0 Å². The third kappa shape index (κ3) is 3.60. The summed E-state index contributed by atoms with van der Waals surface area (Å²) in [7, 11) is 0. The van der Waals surface area contributed by atoms with Crippen LogP contribution in [-0.2, 0) is 0 Å². The van der Waals surface area contributed by atoms with Gasteiger partial charge in [0.1, 0.15) is 0 Å². The molecule has 0 aromatic rings. The molecule has 0 fully saturated rings. The molecule has 0 heterocycles. The maximum Gasteiger partial charge on any atom is -0.0306 e. The quantitative estimate of drug-likeness (QED) is 0.556. The van der Waals surface area contributed by atoms with Crippen molar-refractivity contribution in [2.24, 2.45) is 10.8 Å². The minimum Gasteiger partial charge on any atom is -0.0776 e. The third-order valence-corrected chi connectivity index (χ3v) is 3.60. The second-order valence-electron chi connectivity index (χ2n) is 4.47. The molecule has 0 nitrogen and oxygen atoms in total. The fourth-order valence-corrected chi connectivity index (χ4v) is 0.957. The molecule has 0 aromatic heterocycles. The van der Waals surface area contributed by atoms with Gasteiger partial charge in [0.25, 0.3) is 0 Å². The van der Waals surface area contributed by atoms with Gasteiger partial charge in [0.2, 0.25) is 0 Å². The highest BCUT2D eigenvalue weighted by Gasteiger charge is 2.33. The Morgan fingerprint density at radius 1 is 0.667 bits per heavy atom. The molecular formula is C12H30. The molecular weight excluding hydrogens is 144 g/mol. The van der Waals surface area contributed by atoms with Gasteiger partial charge in [-0.2, -0.15) is 0 Å².